The summed E-state index contributed by atoms with van der Waals surface area (Å²) in [5.74, 6) is 0.885. The molecule has 1 aromatic heterocycles. The lowest BCUT2D eigenvalue weighted by Gasteiger charge is -2.12. The van der Waals surface area contributed by atoms with Gasteiger partial charge in [-0.2, -0.15) is 15.0 Å². The van der Waals surface area contributed by atoms with Crippen LogP contribution in [0.3, 0.4) is 0 Å². The zero-order valence-corrected chi connectivity index (χ0v) is 13.8. The predicted molar refractivity (Wildman–Crippen MR) is 86.6 cm³/mol. The van der Waals surface area contributed by atoms with Crippen LogP contribution < -0.4 is 10.2 Å². The topological polar surface area (TPSA) is 53.9 Å². The van der Waals surface area contributed by atoms with Gasteiger partial charge < -0.3 is 10.2 Å². The summed E-state index contributed by atoms with van der Waals surface area (Å²) in [4.78, 5) is 14.1. The van der Waals surface area contributed by atoms with E-state index in [4.69, 9.17) is 23.2 Å². The number of halogens is 3. The highest BCUT2D eigenvalue weighted by Crippen LogP contribution is 2.25. The highest BCUT2D eigenvalue weighted by Gasteiger charge is 2.08. The SMILES string of the molecule is CN(C)c1nc(Cl)nc(Nc2ccc(Cl)cc2I)n1. The average Bonchev–Trinajstić information content (AvgIpc) is 2.32. The second kappa shape index (κ2) is 6.06. The van der Waals surface area contributed by atoms with Gasteiger partial charge in [0.1, 0.15) is 0 Å². The van der Waals surface area contributed by atoms with Crippen LogP contribution in [0.2, 0.25) is 10.3 Å². The third-order valence-corrected chi connectivity index (χ3v) is 3.47. The van der Waals surface area contributed by atoms with Gasteiger partial charge >= 0.3 is 0 Å². The van der Waals surface area contributed by atoms with Crippen molar-refractivity contribution in [2.75, 3.05) is 24.3 Å². The minimum absolute atomic E-state index is 0.144. The molecule has 0 aliphatic heterocycles. The molecule has 1 aromatic carbocycles. The fourth-order valence-corrected chi connectivity index (χ4v) is 2.47. The molecule has 2 aromatic rings. The number of hydrogen-bond donors (Lipinski definition) is 1. The molecule has 0 spiro atoms. The third-order valence-electron chi connectivity index (χ3n) is 2.17. The number of anilines is 3. The van der Waals surface area contributed by atoms with Gasteiger partial charge in [0.2, 0.25) is 17.2 Å². The first-order valence-corrected chi connectivity index (χ1v) is 7.10. The summed E-state index contributed by atoms with van der Waals surface area (Å²) in [5, 5.41) is 3.92. The van der Waals surface area contributed by atoms with Gasteiger partial charge in [-0.3, -0.25) is 0 Å². The predicted octanol–water partition coefficient (Wildman–Crippen LogP) is 3.59. The van der Waals surface area contributed by atoms with Gasteiger partial charge in [-0.15, -0.1) is 0 Å². The Morgan fingerprint density at radius 3 is 2.53 bits per heavy atom. The van der Waals surface area contributed by atoms with Crippen LogP contribution in [0.15, 0.2) is 18.2 Å². The molecule has 0 saturated carbocycles. The molecule has 0 saturated heterocycles. The van der Waals surface area contributed by atoms with Crippen molar-refractivity contribution in [3.05, 3.63) is 32.1 Å². The summed E-state index contributed by atoms with van der Waals surface area (Å²) in [6, 6.07) is 5.50. The van der Waals surface area contributed by atoms with Gasteiger partial charge in [-0.1, -0.05) is 11.6 Å². The van der Waals surface area contributed by atoms with Crippen molar-refractivity contribution in [2.24, 2.45) is 0 Å². The van der Waals surface area contributed by atoms with Crippen LogP contribution in [0.4, 0.5) is 17.6 Å². The lowest BCUT2D eigenvalue weighted by Crippen LogP contribution is -2.14. The number of aromatic nitrogens is 3. The van der Waals surface area contributed by atoms with Crippen LogP contribution in [-0.4, -0.2) is 29.0 Å². The Balaban J connectivity index is 2.32. The second-order valence-corrected chi connectivity index (χ2v) is 5.81. The molecular weight excluding hydrogens is 400 g/mol. The molecule has 0 aliphatic rings. The molecule has 0 radical (unpaired) electrons. The Hall–Kier alpha value is -0.860. The smallest absolute Gasteiger partial charge is 0.233 e. The van der Waals surface area contributed by atoms with Crippen molar-refractivity contribution in [3.63, 3.8) is 0 Å². The van der Waals surface area contributed by atoms with E-state index in [1.807, 2.05) is 26.2 Å². The van der Waals surface area contributed by atoms with Crippen LogP contribution >= 0.6 is 45.8 Å². The zero-order chi connectivity index (χ0) is 14.0. The van der Waals surface area contributed by atoms with Crippen LogP contribution in [-0.2, 0) is 0 Å². The Kier molecular flexibility index (Phi) is 4.64. The monoisotopic (exact) mass is 409 g/mol. The van der Waals surface area contributed by atoms with Crippen LogP contribution in [0, 0.1) is 3.57 Å². The first kappa shape index (κ1) is 14.5. The van der Waals surface area contributed by atoms with Crippen LogP contribution in [0.1, 0.15) is 0 Å². The van der Waals surface area contributed by atoms with Gasteiger partial charge in [0.15, 0.2) is 0 Å². The van der Waals surface area contributed by atoms with Crippen LogP contribution in [0.5, 0.6) is 0 Å². The molecule has 1 heterocycles. The Bertz CT molecular complexity index is 606. The molecule has 5 nitrogen and oxygen atoms in total. The van der Waals surface area contributed by atoms with Crippen molar-refractivity contribution in [3.8, 4) is 0 Å². The first-order chi connectivity index (χ1) is 8.95. The largest absolute Gasteiger partial charge is 0.347 e. The van der Waals surface area contributed by atoms with E-state index in [0.29, 0.717) is 16.9 Å². The fraction of sp³-hybridized carbons (Fsp3) is 0.182. The molecule has 0 amide bonds. The summed E-state index contributed by atoms with van der Waals surface area (Å²) >= 11 is 14.0. The van der Waals surface area contributed by atoms with E-state index in [1.165, 1.54) is 0 Å². The standard InChI is InChI=1S/C11H10Cl2IN5/c1-19(2)11-17-9(13)16-10(18-11)15-8-4-3-6(12)5-7(8)14/h3-5H,1-2H3,(H,15,16,17,18). The normalized spacial score (nSPS) is 10.4. The van der Waals surface area contributed by atoms with E-state index in [-0.39, 0.29) is 5.28 Å². The van der Waals surface area contributed by atoms with Gasteiger partial charge in [0.05, 0.1) is 5.69 Å². The maximum absolute atomic E-state index is 5.91. The lowest BCUT2D eigenvalue weighted by atomic mass is 10.3. The molecule has 0 unspecified atom stereocenters. The molecule has 0 aliphatic carbocycles. The van der Waals surface area contributed by atoms with Gasteiger partial charge in [-0.05, 0) is 52.4 Å². The molecule has 0 atom stereocenters. The van der Waals surface area contributed by atoms with E-state index in [1.54, 1.807) is 11.0 Å². The highest BCUT2D eigenvalue weighted by molar-refractivity contribution is 14.1. The molecule has 100 valence electrons. The summed E-state index contributed by atoms with van der Waals surface area (Å²) in [6.07, 6.45) is 0. The number of benzene rings is 1. The first-order valence-electron chi connectivity index (χ1n) is 5.26. The van der Waals surface area contributed by atoms with Crippen molar-refractivity contribution < 1.29 is 0 Å². The Labute approximate surface area is 134 Å². The fourth-order valence-electron chi connectivity index (χ4n) is 1.31. The van der Waals surface area contributed by atoms with Crippen molar-refractivity contribution in [1.29, 1.82) is 0 Å². The zero-order valence-electron chi connectivity index (χ0n) is 10.2. The van der Waals surface area contributed by atoms with Crippen LogP contribution in [0.25, 0.3) is 0 Å². The lowest BCUT2D eigenvalue weighted by molar-refractivity contribution is 0.961. The maximum Gasteiger partial charge on any atom is 0.233 e. The number of hydrogen-bond acceptors (Lipinski definition) is 5. The molecule has 2 rings (SSSR count). The summed E-state index contributed by atoms with van der Waals surface area (Å²) in [7, 11) is 3.67. The van der Waals surface area contributed by atoms with Gasteiger partial charge in [0.25, 0.3) is 0 Å². The Morgan fingerprint density at radius 1 is 1.16 bits per heavy atom. The third kappa shape index (κ3) is 3.80. The quantitative estimate of drug-likeness (QED) is 0.785. The molecule has 8 heteroatoms. The van der Waals surface area contributed by atoms with E-state index in [0.717, 1.165) is 9.26 Å². The number of nitrogens with zero attached hydrogens (tertiary/aromatic N) is 4. The van der Waals surface area contributed by atoms with Gasteiger partial charge in [0, 0.05) is 22.7 Å². The molecule has 1 N–H and O–H groups in total. The van der Waals surface area contributed by atoms with Crippen molar-refractivity contribution in [1.82, 2.24) is 15.0 Å². The molecule has 0 bridgehead atoms. The maximum atomic E-state index is 5.91. The van der Waals surface area contributed by atoms with E-state index in [9.17, 15) is 0 Å². The minimum atomic E-state index is 0.144. The van der Waals surface area contributed by atoms with Crippen molar-refractivity contribution >= 4 is 63.4 Å². The van der Waals surface area contributed by atoms with Gasteiger partial charge in [-0.25, -0.2) is 0 Å². The van der Waals surface area contributed by atoms with E-state index in [2.05, 4.69) is 42.9 Å². The average molecular weight is 410 g/mol. The highest BCUT2D eigenvalue weighted by atomic mass is 127. The summed E-state index contributed by atoms with van der Waals surface area (Å²) in [5.41, 5.74) is 0.858. The minimum Gasteiger partial charge on any atom is -0.347 e. The number of rotatable bonds is 3. The van der Waals surface area contributed by atoms with Crippen molar-refractivity contribution in [2.45, 2.75) is 0 Å². The summed E-state index contributed by atoms with van der Waals surface area (Å²) < 4.78 is 0.966. The van der Waals surface area contributed by atoms with E-state index >= 15 is 0 Å². The summed E-state index contributed by atoms with van der Waals surface area (Å²) in [6.45, 7) is 0. The molecule has 0 fully saturated rings. The second-order valence-electron chi connectivity index (χ2n) is 3.87. The molecule has 19 heavy (non-hydrogen) atoms. The number of nitrogens with one attached hydrogen (secondary N) is 1. The van der Waals surface area contributed by atoms with E-state index < -0.39 is 0 Å². The molecular formula is C11H10Cl2IN5. The Morgan fingerprint density at radius 2 is 1.89 bits per heavy atom.